The van der Waals surface area contributed by atoms with E-state index >= 15 is 0 Å². The number of nitrogens with zero attached hydrogens (tertiary/aromatic N) is 1. The molecule has 0 aliphatic carbocycles. The highest BCUT2D eigenvalue weighted by atomic mass is 19.1. The fraction of sp³-hybridized carbons (Fsp3) is 0.381. The van der Waals surface area contributed by atoms with Crippen molar-refractivity contribution < 1.29 is 28.5 Å². The Bertz CT molecular complexity index is 855. The van der Waals surface area contributed by atoms with Gasteiger partial charge in [-0.25, -0.2) is 4.39 Å². The zero-order valence-electron chi connectivity index (χ0n) is 16.5. The summed E-state index contributed by atoms with van der Waals surface area (Å²) in [6.07, 6.45) is 0. The van der Waals surface area contributed by atoms with Gasteiger partial charge in [-0.05, 0) is 35.9 Å². The van der Waals surface area contributed by atoms with Gasteiger partial charge < -0.3 is 24.6 Å². The van der Waals surface area contributed by atoms with Crippen molar-refractivity contribution >= 4 is 5.91 Å². The highest BCUT2D eigenvalue weighted by molar-refractivity contribution is 5.96. The van der Waals surface area contributed by atoms with E-state index in [0.717, 1.165) is 23.8 Å². The van der Waals surface area contributed by atoms with Crippen molar-refractivity contribution in [2.24, 2.45) is 0 Å². The summed E-state index contributed by atoms with van der Waals surface area (Å²) >= 11 is 0. The molecule has 3 rings (SSSR count). The quantitative estimate of drug-likeness (QED) is 0.738. The molecule has 1 atom stereocenters. The maximum atomic E-state index is 13.5. The molecule has 0 aromatic heterocycles. The van der Waals surface area contributed by atoms with E-state index < -0.39 is 11.7 Å². The van der Waals surface area contributed by atoms with Gasteiger partial charge in [-0.1, -0.05) is 6.07 Å². The number of rotatable bonds is 7. The number of halogens is 1. The Hall–Kier alpha value is -2.84. The predicted octanol–water partition coefficient (Wildman–Crippen LogP) is 2.35. The SMILES string of the molecule is COc1ccc([C@H](CNC(=O)c2cc(F)ccc2O)N2CCOCC2)cc1OC. The molecule has 1 aliphatic heterocycles. The van der Waals surface area contributed by atoms with E-state index in [4.69, 9.17) is 14.2 Å². The summed E-state index contributed by atoms with van der Waals surface area (Å²) in [7, 11) is 3.14. The third kappa shape index (κ3) is 4.96. The highest BCUT2D eigenvalue weighted by Crippen LogP contribution is 2.32. The molecule has 2 N–H and O–H groups in total. The van der Waals surface area contributed by atoms with Crippen molar-refractivity contribution in [3.63, 3.8) is 0 Å². The van der Waals surface area contributed by atoms with E-state index in [0.29, 0.717) is 37.8 Å². The van der Waals surface area contributed by atoms with Crippen LogP contribution in [0.1, 0.15) is 22.0 Å². The fourth-order valence-electron chi connectivity index (χ4n) is 3.38. The normalized spacial score (nSPS) is 15.6. The monoisotopic (exact) mass is 404 g/mol. The minimum Gasteiger partial charge on any atom is -0.507 e. The molecular formula is C21H25FN2O5. The van der Waals surface area contributed by atoms with Gasteiger partial charge in [0.1, 0.15) is 11.6 Å². The third-order valence-electron chi connectivity index (χ3n) is 4.94. The predicted molar refractivity (Wildman–Crippen MR) is 105 cm³/mol. The van der Waals surface area contributed by atoms with Gasteiger partial charge in [-0.3, -0.25) is 9.69 Å². The molecule has 0 saturated carbocycles. The number of benzene rings is 2. The van der Waals surface area contributed by atoms with Crippen LogP contribution >= 0.6 is 0 Å². The number of methoxy groups -OCH3 is 2. The number of phenols is 1. The molecule has 2 aromatic rings. The molecule has 0 unspecified atom stereocenters. The van der Waals surface area contributed by atoms with Crippen molar-refractivity contribution in [1.82, 2.24) is 10.2 Å². The molecule has 1 heterocycles. The van der Waals surface area contributed by atoms with Crippen LogP contribution in [0.5, 0.6) is 17.2 Å². The van der Waals surface area contributed by atoms with E-state index in [9.17, 15) is 14.3 Å². The molecule has 1 amide bonds. The Morgan fingerprint density at radius 1 is 1.17 bits per heavy atom. The summed E-state index contributed by atoms with van der Waals surface area (Å²) in [6.45, 7) is 2.88. The Labute approximate surface area is 169 Å². The first-order valence-corrected chi connectivity index (χ1v) is 9.34. The van der Waals surface area contributed by atoms with Crippen LogP contribution < -0.4 is 14.8 Å². The zero-order chi connectivity index (χ0) is 20.8. The summed E-state index contributed by atoms with van der Waals surface area (Å²) in [5.74, 6) is -0.181. The number of hydrogen-bond acceptors (Lipinski definition) is 6. The molecular weight excluding hydrogens is 379 g/mol. The lowest BCUT2D eigenvalue weighted by Gasteiger charge is -2.35. The van der Waals surface area contributed by atoms with E-state index in [1.807, 2.05) is 18.2 Å². The highest BCUT2D eigenvalue weighted by Gasteiger charge is 2.25. The number of carbonyl (C=O) groups excluding carboxylic acids is 1. The number of carbonyl (C=O) groups is 1. The molecule has 8 heteroatoms. The van der Waals surface area contributed by atoms with Gasteiger partial charge in [-0.15, -0.1) is 0 Å². The number of hydrogen-bond donors (Lipinski definition) is 2. The summed E-state index contributed by atoms with van der Waals surface area (Å²) in [5, 5.41) is 12.7. The van der Waals surface area contributed by atoms with E-state index in [-0.39, 0.29) is 23.9 Å². The number of aromatic hydroxyl groups is 1. The molecule has 1 saturated heterocycles. The molecule has 7 nitrogen and oxygen atoms in total. The molecule has 29 heavy (non-hydrogen) atoms. The van der Waals surface area contributed by atoms with Gasteiger partial charge in [0.15, 0.2) is 11.5 Å². The fourth-order valence-corrected chi connectivity index (χ4v) is 3.38. The van der Waals surface area contributed by atoms with Crippen LogP contribution in [0.15, 0.2) is 36.4 Å². The largest absolute Gasteiger partial charge is 0.507 e. The lowest BCUT2D eigenvalue weighted by Crippen LogP contribution is -2.43. The van der Waals surface area contributed by atoms with Gasteiger partial charge in [0, 0.05) is 19.6 Å². The van der Waals surface area contributed by atoms with Crippen LogP contribution in [0.2, 0.25) is 0 Å². The number of phenolic OH excluding ortho intramolecular Hbond substituents is 1. The first kappa shape index (κ1) is 20.9. The zero-order valence-corrected chi connectivity index (χ0v) is 16.5. The molecule has 1 fully saturated rings. The summed E-state index contributed by atoms with van der Waals surface area (Å²) in [4.78, 5) is 14.7. The number of morpholine rings is 1. The topological polar surface area (TPSA) is 80.3 Å². The number of ether oxygens (including phenoxy) is 3. The minimum atomic E-state index is -0.586. The molecule has 2 aromatic carbocycles. The van der Waals surface area contributed by atoms with E-state index in [1.54, 1.807) is 14.2 Å². The number of amides is 1. The Balaban J connectivity index is 1.82. The summed E-state index contributed by atoms with van der Waals surface area (Å²) in [5.41, 5.74) is 0.839. The van der Waals surface area contributed by atoms with Gasteiger partial charge >= 0.3 is 0 Å². The van der Waals surface area contributed by atoms with E-state index in [2.05, 4.69) is 10.2 Å². The number of nitrogens with one attached hydrogen (secondary N) is 1. The average molecular weight is 404 g/mol. The van der Waals surface area contributed by atoms with Gasteiger partial charge in [-0.2, -0.15) is 0 Å². The molecule has 0 radical (unpaired) electrons. The van der Waals surface area contributed by atoms with Gasteiger partial charge in [0.2, 0.25) is 0 Å². The molecule has 156 valence electrons. The second kappa shape index (κ2) is 9.58. The Kier molecular flexibility index (Phi) is 6.90. The van der Waals surface area contributed by atoms with Crippen molar-refractivity contribution in [1.29, 1.82) is 0 Å². The standard InChI is InChI=1S/C21H25FN2O5/c1-27-19-6-3-14(11-20(19)28-2)17(24-7-9-29-10-8-24)13-23-21(26)16-12-15(22)4-5-18(16)25/h3-6,11-12,17,25H,7-10,13H2,1-2H3,(H,23,26)/t17-/m0/s1. The van der Waals surface area contributed by atoms with Crippen molar-refractivity contribution in [2.45, 2.75) is 6.04 Å². The Morgan fingerprint density at radius 3 is 2.59 bits per heavy atom. The summed E-state index contributed by atoms with van der Waals surface area (Å²) < 4.78 is 29.6. The Morgan fingerprint density at radius 2 is 1.90 bits per heavy atom. The van der Waals surface area contributed by atoms with Crippen LogP contribution in [0.4, 0.5) is 4.39 Å². The lowest BCUT2D eigenvalue weighted by atomic mass is 10.0. The third-order valence-corrected chi connectivity index (χ3v) is 4.94. The van der Waals surface area contributed by atoms with Crippen LogP contribution in [-0.2, 0) is 4.74 Å². The minimum absolute atomic E-state index is 0.0990. The van der Waals surface area contributed by atoms with Crippen molar-refractivity contribution in [2.75, 3.05) is 47.1 Å². The molecule has 1 aliphatic rings. The van der Waals surface area contributed by atoms with Gasteiger partial charge in [0.05, 0.1) is 39.0 Å². The second-order valence-electron chi connectivity index (χ2n) is 6.65. The van der Waals surface area contributed by atoms with Gasteiger partial charge in [0.25, 0.3) is 5.91 Å². The van der Waals surface area contributed by atoms with Crippen LogP contribution in [0.25, 0.3) is 0 Å². The van der Waals surface area contributed by atoms with Crippen LogP contribution in [0, 0.1) is 5.82 Å². The second-order valence-corrected chi connectivity index (χ2v) is 6.65. The van der Waals surface area contributed by atoms with Crippen LogP contribution in [0.3, 0.4) is 0 Å². The van der Waals surface area contributed by atoms with Crippen LogP contribution in [-0.4, -0.2) is 63.0 Å². The first-order valence-electron chi connectivity index (χ1n) is 9.34. The lowest BCUT2D eigenvalue weighted by molar-refractivity contribution is 0.0162. The molecule has 0 spiro atoms. The average Bonchev–Trinajstić information content (AvgIpc) is 2.76. The maximum absolute atomic E-state index is 13.5. The first-order chi connectivity index (χ1) is 14.0. The van der Waals surface area contributed by atoms with Crippen molar-refractivity contribution in [3.05, 3.63) is 53.3 Å². The maximum Gasteiger partial charge on any atom is 0.255 e. The molecule has 0 bridgehead atoms. The smallest absolute Gasteiger partial charge is 0.255 e. The van der Waals surface area contributed by atoms with E-state index in [1.165, 1.54) is 0 Å². The summed E-state index contributed by atoms with van der Waals surface area (Å²) in [6, 6.07) is 8.76. The van der Waals surface area contributed by atoms with Crippen molar-refractivity contribution in [3.8, 4) is 17.2 Å².